The van der Waals surface area contributed by atoms with Crippen LogP contribution in [0, 0.1) is 5.82 Å². The van der Waals surface area contributed by atoms with Crippen molar-refractivity contribution in [2.45, 2.75) is 4.90 Å². The lowest BCUT2D eigenvalue weighted by molar-refractivity contribution is 0.102. The minimum Gasteiger partial charge on any atom is -0.397 e. The molecular weight excluding hydrogens is 299 g/mol. The Bertz CT molecular complexity index is 664. The van der Waals surface area contributed by atoms with Crippen molar-refractivity contribution in [3.8, 4) is 0 Å². The van der Waals surface area contributed by atoms with Crippen LogP contribution in [0.1, 0.15) is 10.4 Å². The van der Waals surface area contributed by atoms with Gasteiger partial charge < -0.3 is 11.1 Å². The van der Waals surface area contributed by atoms with E-state index in [4.69, 9.17) is 17.3 Å². The minimum absolute atomic E-state index is 0.223. The van der Waals surface area contributed by atoms with Gasteiger partial charge in [0, 0.05) is 4.90 Å². The monoisotopic (exact) mass is 310 g/mol. The van der Waals surface area contributed by atoms with Crippen LogP contribution in [-0.4, -0.2) is 12.2 Å². The van der Waals surface area contributed by atoms with Crippen LogP contribution in [-0.2, 0) is 0 Å². The lowest BCUT2D eigenvalue weighted by atomic mass is 10.2. The topological polar surface area (TPSA) is 55.1 Å². The second-order valence-electron chi connectivity index (χ2n) is 4.03. The first-order valence-electron chi connectivity index (χ1n) is 5.71. The molecule has 2 aromatic rings. The molecule has 1 amide bonds. The highest BCUT2D eigenvalue weighted by molar-refractivity contribution is 7.98. The zero-order valence-electron chi connectivity index (χ0n) is 10.6. The largest absolute Gasteiger partial charge is 0.397 e. The molecule has 0 saturated heterocycles. The fraction of sp³-hybridized carbons (Fsp3) is 0.0714. The maximum atomic E-state index is 13.2. The van der Waals surface area contributed by atoms with Crippen LogP contribution in [0.2, 0.25) is 5.02 Å². The molecule has 3 N–H and O–H groups in total. The van der Waals surface area contributed by atoms with Crippen LogP contribution in [0.4, 0.5) is 15.8 Å². The van der Waals surface area contributed by atoms with Crippen molar-refractivity contribution in [2.24, 2.45) is 0 Å². The van der Waals surface area contributed by atoms with E-state index in [-0.39, 0.29) is 11.4 Å². The average Bonchev–Trinajstić information content (AvgIpc) is 2.43. The molecule has 0 aromatic heterocycles. The normalized spacial score (nSPS) is 10.3. The standard InChI is InChI=1S/C14H12ClFN2OS/c1-20-9-3-4-11(15)10(7-9)14(19)18-13-6-8(16)2-5-12(13)17/h2-7H,17H2,1H3,(H,18,19). The molecule has 0 fully saturated rings. The second-order valence-corrected chi connectivity index (χ2v) is 5.32. The van der Waals surface area contributed by atoms with Crippen LogP contribution < -0.4 is 11.1 Å². The highest BCUT2D eigenvalue weighted by Gasteiger charge is 2.13. The number of halogens is 2. The van der Waals surface area contributed by atoms with E-state index in [0.29, 0.717) is 10.6 Å². The van der Waals surface area contributed by atoms with Crippen LogP contribution in [0.15, 0.2) is 41.3 Å². The fourth-order valence-corrected chi connectivity index (χ4v) is 2.27. The molecule has 0 heterocycles. The molecule has 0 saturated carbocycles. The number of nitrogen functional groups attached to an aromatic ring is 1. The summed E-state index contributed by atoms with van der Waals surface area (Å²) < 4.78 is 13.2. The predicted molar refractivity (Wildman–Crippen MR) is 82.0 cm³/mol. The molecule has 104 valence electrons. The van der Waals surface area contributed by atoms with Crippen molar-refractivity contribution >= 4 is 40.6 Å². The molecule has 3 nitrogen and oxygen atoms in total. The van der Waals surface area contributed by atoms with Gasteiger partial charge in [0.15, 0.2) is 0 Å². The molecule has 0 unspecified atom stereocenters. The fourth-order valence-electron chi connectivity index (χ4n) is 1.63. The maximum Gasteiger partial charge on any atom is 0.257 e. The van der Waals surface area contributed by atoms with Gasteiger partial charge in [-0.2, -0.15) is 0 Å². The Morgan fingerprint density at radius 3 is 2.75 bits per heavy atom. The number of amides is 1. The van der Waals surface area contributed by atoms with E-state index < -0.39 is 11.7 Å². The Kier molecular flexibility index (Phi) is 4.52. The summed E-state index contributed by atoms with van der Waals surface area (Å²) in [4.78, 5) is 13.1. The number of carbonyl (C=O) groups is 1. The number of hydrogen-bond donors (Lipinski definition) is 2. The van der Waals surface area contributed by atoms with E-state index >= 15 is 0 Å². The van der Waals surface area contributed by atoms with Crippen molar-refractivity contribution in [1.29, 1.82) is 0 Å². The third-order valence-electron chi connectivity index (χ3n) is 2.68. The van der Waals surface area contributed by atoms with Gasteiger partial charge in [0.1, 0.15) is 5.82 Å². The number of anilines is 2. The summed E-state index contributed by atoms with van der Waals surface area (Å²) >= 11 is 7.51. The maximum absolute atomic E-state index is 13.2. The second kappa shape index (κ2) is 6.15. The molecule has 20 heavy (non-hydrogen) atoms. The molecule has 6 heteroatoms. The first-order valence-corrected chi connectivity index (χ1v) is 7.31. The van der Waals surface area contributed by atoms with Gasteiger partial charge in [-0.1, -0.05) is 11.6 Å². The molecular formula is C14H12ClFN2OS. The Labute approximate surface area is 125 Å². The van der Waals surface area contributed by atoms with Gasteiger partial charge >= 0.3 is 0 Å². The lowest BCUT2D eigenvalue weighted by Gasteiger charge is -2.10. The summed E-state index contributed by atoms with van der Waals surface area (Å²) in [6, 6.07) is 8.94. The molecule has 0 atom stereocenters. The van der Waals surface area contributed by atoms with Crippen molar-refractivity contribution < 1.29 is 9.18 Å². The Morgan fingerprint density at radius 1 is 1.30 bits per heavy atom. The SMILES string of the molecule is CSc1ccc(Cl)c(C(=O)Nc2cc(F)ccc2N)c1. The smallest absolute Gasteiger partial charge is 0.257 e. The van der Waals surface area contributed by atoms with Gasteiger partial charge in [-0.3, -0.25) is 4.79 Å². The van der Waals surface area contributed by atoms with Crippen molar-refractivity contribution in [3.05, 3.63) is 52.8 Å². The highest BCUT2D eigenvalue weighted by atomic mass is 35.5. The van der Waals surface area contributed by atoms with Gasteiger partial charge in [0.25, 0.3) is 5.91 Å². The van der Waals surface area contributed by atoms with E-state index in [0.717, 1.165) is 4.90 Å². The summed E-state index contributed by atoms with van der Waals surface area (Å²) in [5.74, 6) is -0.901. The number of nitrogens with two attached hydrogens (primary N) is 1. The molecule has 2 rings (SSSR count). The lowest BCUT2D eigenvalue weighted by Crippen LogP contribution is -2.14. The van der Waals surface area contributed by atoms with Crippen molar-refractivity contribution in [2.75, 3.05) is 17.3 Å². The van der Waals surface area contributed by atoms with Crippen LogP contribution in [0.3, 0.4) is 0 Å². The van der Waals surface area contributed by atoms with Gasteiger partial charge in [0.2, 0.25) is 0 Å². The van der Waals surface area contributed by atoms with Gasteiger partial charge in [-0.25, -0.2) is 4.39 Å². The highest BCUT2D eigenvalue weighted by Crippen LogP contribution is 2.25. The first-order chi connectivity index (χ1) is 9.51. The molecule has 0 aliphatic carbocycles. The Balaban J connectivity index is 2.30. The van der Waals surface area contributed by atoms with Crippen LogP contribution in [0.5, 0.6) is 0 Å². The number of thioether (sulfide) groups is 1. The molecule has 0 aliphatic heterocycles. The number of carbonyl (C=O) groups excluding carboxylic acids is 1. The first kappa shape index (κ1) is 14.7. The third-order valence-corrected chi connectivity index (χ3v) is 3.74. The number of benzene rings is 2. The molecule has 0 aliphatic rings. The average molecular weight is 311 g/mol. The van der Waals surface area contributed by atoms with Gasteiger partial charge in [-0.05, 0) is 42.7 Å². The van der Waals surface area contributed by atoms with Crippen LogP contribution in [0.25, 0.3) is 0 Å². The Hall–Kier alpha value is -1.72. The van der Waals surface area contributed by atoms with E-state index in [1.165, 1.54) is 30.0 Å². The zero-order valence-corrected chi connectivity index (χ0v) is 12.2. The van der Waals surface area contributed by atoms with E-state index in [9.17, 15) is 9.18 Å². The summed E-state index contributed by atoms with van der Waals surface area (Å²) in [6.45, 7) is 0. The summed E-state index contributed by atoms with van der Waals surface area (Å²) in [6.07, 6.45) is 1.90. The number of rotatable bonds is 3. The van der Waals surface area contributed by atoms with E-state index in [1.54, 1.807) is 12.1 Å². The Morgan fingerprint density at radius 2 is 2.05 bits per heavy atom. The summed E-state index contributed by atoms with van der Waals surface area (Å²) in [5, 5.41) is 2.89. The molecule has 2 aromatic carbocycles. The van der Waals surface area contributed by atoms with E-state index in [2.05, 4.69) is 5.32 Å². The minimum atomic E-state index is -0.474. The van der Waals surface area contributed by atoms with Crippen LogP contribution >= 0.6 is 23.4 Å². The van der Waals surface area contributed by atoms with Gasteiger partial charge in [-0.15, -0.1) is 11.8 Å². The molecule has 0 spiro atoms. The molecule has 0 radical (unpaired) electrons. The zero-order chi connectivity index (χ0) is 14.7. The quantitative estimate of drug-likeness (QED) is 0.664. The summed E-state index contributed by atoms with van der Waals surface area (Å²) in [7, 11) is 0. The predicted octanol–water partition coefficient (Wildman–Crippen LogP) is 4.04. The van der Waals surface area contributed by atoms with Crippen molar-refractivity contribution in [1.82, 2.24) is 0 Å². The number of hydrogen-bond acceptors (Lipinski definition) is 3. The number of nitrogens with one attached hydrogen (secondary N) is 1. The third kappa shape index (κ3) is 3.23. The molecule has 0 bridgehead atoms. The summed E-state index contributed by atoms with van der Waals surface area (Å²) in [5.41, 5.74) is 6.52. The van der Waals surface area contributed by atoms with Gasteiger partial charge in [0.05, 0.1) is 22.0 Å². The van der Waals surface area contributed by atoms with Crippen molar-refractivity contribution in [3.63, 3.8) is 0 Å². The van der Waals surface area contributed by atoms with E-state index in [1.807, 2.05) is 12.3 Å².